The first-order valence-corrected chi connectivity index (χ1v) is 11.6. The third kappa shape index (κ3) is 5.44. The first kappa shape index (κ1) is 22.2. The van der Waals surface area contributed by atoms with Crippen LogP contribution in [-0.4, -0.2) is 46.4 Å². The number of carbonyl (C=O) groups is 2. The van der Waals surface area contributed by atoms with E-state index in [0.717, 1.165) is 49.4 Å². The smallest absolute Gasteiger partial charge is 0.256 e. The quantitative estimate of drug-likeness (QED) is 0.749. The average molecular weight is 437 g/mol. The van der Waals surface area contributed by atoms with Gasteiger partial charge in [-0.05, 0) is 48.8 Å². The van der Waals surface area contributed by atoms with Gasteiger partial charge in [-0.2, -0.15) is 0 Å². The van der Waals surface area contributed by atoms with Crippen molar-refractivity contribution in [1.82, 2.24) is 20.2 Å². The fourth-order valence-electron chi connectivity index (χ4n) is 4.40. The molecule has 2 amide bonds. The molecule has 1 saturated heterocycles. The van der Waals surface area contributed by atoms with Gasteiger partial charge < -0.3 is 15.0 Å². The molecule has 0 spiro atoms. The second kappa shape index (κ2) is 10.1. The number of nitrogens with one attached hydrogen (secondary N) is 1. The minimum Gasteiger partial charge on any atom is -0.493 e. The Labute approximate surface area is 189 Å². The third-order valence-corrected chi connectivity index (χ3v) is 6.18. The summed E-state index contributed by atoms with van der Waals surface area (Å²) in [5.41, 5.74) is 2.82. The lowest BCUT2D eigenvalue weighted by Gasteiger charge is -2.32. The van der Waals surface area contributed by atoms with Gasteiger partial charge in [-0.3, -0.25) is 9.59 Å². The van der Waals surface area contributed by atoms with Crippen molar-refractivity contribution >= 4 is 11.8 Å². The normalized spacial score (nSPS) is 18.1. The Hall–Kier alpha value is -2.96. The summed E-state index contributed by atoms with van der Waals surface area (Å²) >= 11 is 0. The van der Waals surface area contributed by atoms with E-state index < -0.39 is 0 Å². The standard InChI is InChI=1S/C25H32N4O3/c1-17(2)24-27-14-21(15-28-24)25(31)29-9-3-5-19(16-29)12-23(30)26-13-18-7-8-22-20(11-18)6-4-10-32-22/h7-8,11,14-15,17,19H,3-6,9-10,12-13,16H2,1-2H3,(H,26,30)/t19-/m1/s1. The molecule has 2 aliphatic rings. The van der Waals surface area contributed by atoms with Crippen molar-refractivity contribution in [2.24, 2.45) is 5.92 Å². The number of hydrogen-bond acceptors (Lipinski definition) is 5. The molecule has 7 heteroatoms. The Bertz CT molecular complexity index is 958. The van der Waals surface area contributed by atoms with E-state index in [1.165, 1.54) is 5.56 Å². The van der Waals surface area contributed by atoms with Gasteiger partial charge in [0, 0.05) is 44.4 Å². The summed E-state index contributed by atoms with van der Waals surface area (Å²) in [6.07, 6.45) is 7.58. The van der Waals surface area contributed by atoms with Crippen LogP contribution in [0.15, 0.2) is 30.6 Å². The molecule has 7 nitrogen and oxygen atoms in total. The van der Waals surface area contributed by atoms with E-state index in [4.69, 9.17) is 4.74 Å². The monoisotopic (exact) mass is 436 g/mol. The molecule has 1 aromatic carbocycles. The maximum absolute atomic E-state index is 12.9. The minimum absolute atomic E-state index is 0.0305. The second-order valence-electron chi connectivity index (χ2n) is 9.12. The molecular formula is C25H32N4O3. The first-order chi connectivity index (χ1) is 15.5. The second-order valence-corrected chi connectivity index (χ2v) is 9.12. The van der Waals surface area contributed by atoms with Crippen molar-refractivity contribution in [2.75, 3.05) is 19.7 Å². The number of rotatable bonds is 6. The Morgan fingerprint density at radius 3 is 2.81 bits per heavy atom. The average Bonchev–Trinajstić information content (AvgIpc) is 2.82. The maximum atomic E-state index is 12.9. The van der Waals surface area contributed by atoms with Gasteiger partial charge in [0.15, 0.2) is 0 Å². The topological polar surface area (TPSA) is 84.4 Å². The number of piperidine rings is 1. The number of benzene rings is 1. The van der Waals surface area contributed by atoms with Crippen LogP contribution in [0.5, 0.6) is 5.75 Å². The highest BCUT2D eigenvalue weighted by Gasteiger charge is 2.26. The highest BCUT2D eigenvalue weighted by Crippen LogP contribution is 2.26. The number of nitrogens with zero attached hydrogens (tertiary/aromatic N) is 3. The van der Waals surface area contributed by atoms with E-state index in [-0.39, 0.29) is 23.7 Å². The van der Waals surface area contributed by atoms with E-state index >= 15 is 0 Å². The van der Waals surface area contributed by atoms with Crippen molar-refractivity contribution in [3.05, 3.63) is 53.1 Å². The number of carbonyl (C=O) groups excluding carboxylic acids is 2. The summed E-state index contributed by atoms with van der Waals surface area (Å²) in [5.74, 6) is 2.07. The summed E-state index contributed by atoms with van der Waals surface area (Å²) in [7, 11) is 0. The molecule has 2 aromatic rings. The molecule has 0 saturated carbocycles. The lowest BCUT2D eigenvalue weighted by molar-refractivity contribution is -0.122. The summed E-state index contributed by atoms with van der Waals surface area (Å²) in [6.45, 7) is 6.64. The van der Waals surface area contributed by atoms with Gasteiger partial charge >= 0.3 is 0 Å². The molecule has 0 radical (unpaired) electrons. The van der Waals surface area contributed by atoms with Crippen molar-refractivity contribution < 1.29 is 14.3 Å². The number of likely N-dealkylation sites (tertiary alicyclic amines) is 1. The predicted octanol–water partition coefficient (Wildman–Crippen LogP) is 3.48. The molecule has 170 valence electrons. The predicted molar refractivity (Wildman–Crippen MR) is 121 cm³/mol. The SMILES string of the molecule is CC(C)c1ncc(C(=O)N2CCC[C@H](CC(=O)NCc3ccc4c(c3)CCCO4)C2)cn1. The highest BCUT2D eigenvalue weighted by atomic mass is 16.5. The first-order valence-electron chi connectivity index (χ1n) is 11.6. The Kier molecular flexibility index (Phi) is 7.02. The molecule has 1 aromatic heterocycles. The number of amides is 2. The summed E-state index contributed by atoms with van der Waals surface area (Å²) in [5, 5.41) is 3.04. The van der Waals surface area contributed by atoms with Crippen molar-refractivity contribution in [3.63, 3.8) is 0 Å². The summed E-state index contributed by atoms with van der Waals surface area (Å²) in [6, 6.07) is 6.14. The molecule has 4 rings (SSSR count). The van der Waals surface area contributed by atoms with Gasteiger partial charge in [0.25, 0.3) is 5.91 Å². The van der Waals surface area contributed by atoms with Gasteiger partial charge in [0.1, 0.15) is 11.6 Å². The fraction of sp³-hybridized carbons (Fsp3) is 0.520. The molecule has 0 unspecified atom stereocenters. The van der Waals surface area contributed by atoms with Crippen molar-refractivity contribution in [2.45, 2.75) is 58.4 Å². The van der Waals surface area contributed by atoms with Crippen LogP contribution >= 0.6 is 0 Å². The lowest BCUT2D eigenvalue weighted by atomic mass is 9.94. The largest absolute Gasteiger partial charge is 0.493 e. The van der Waals surface area contributed by atoms with E-state index in [0.29, 0.717) is 31.6 Å². The molecule has 0 aliphatic carbocycles. The highest BCUT2D eigenvalue weighted by molar-refractivity contribution is 5.93. The fourth-order valence-corrected chi connectivity index (χ4v) is 4.40. The van der Waals surface area contributed by atoms with Gasteiger partial charge in [-0.1, -0.05) is 26.0 Å². The van der Waals surface area contributed by atoms with E-state index in [2.05, 4.69) is 21.4 Å². The molecule has 0 bridgehead atoms. The zero-order valence-electron chi connectivity index (χ0n) is 19.0. The lowest BCUT2D eigenvalue weighted by Crippen LogP contribution is -2.41. The zero-order valence-corrected chi connectivity index (χ0v) is 19.0. The number of fused-ring (bicyclic) bond motifs is 1. The molecule has 1 N–H and O–H groups in total. The third-order valence-electron chi connectivity index (χ3n) is 6.18. The molecule has 1 fully saturated rings. The van der Waals surface area contributed by atoms with Crippen molar-refractivity contribution in [3.8, 4) is 5.75 Å². The molecular weight excluding hydrogens is 404 g/mol. The summed E-state index contributed by atoms with van der Waals surface area (Å²) in [4.78, 5) is 35.9. The number of ether oxygens (including phenoxy) is 1. The van der Waals surface area contributed by atoms with Crippen LogP contribution in [0.1, 0.15) is 72.8 Å². The van der Waals surface area contributed by atoms with E-state index in [1.54, 1.807) is 12.4 Å². The molecule has 1 atom stereocenters. The van der Waals surface area contributed by atoms with Crippen molar-refractivity contribution in [1.29, 1.82) is 0 Å². The van der Waals surface area contributed by atoms with Gasteiger partial charge in [0.2, 0.25) is 5.91 Å². The van der Waals surface area contributed by atoms with Crippen LogP contribution in [0, 0.1) is 5.92 Å². The number of aromatic nitrogens is 2. The molecule has 3 heterocycles. The van der Waals surface area contributed by atoms with E-state index in [1.807, 2.05) is 30.9 Å². The van der Waals surface area contributed by atoms with Gasteiger partial charge in [-0.25, -0.2) is 9.97 Å². The Balaban J connectivity index is 1.28. The Morgan fingerprint density at radius 2 is 2.03 bits per heavy atom. The number of aryl methyl sites for hydroxylation is 1. The molecule has 32 heavy (non-hydrogen) atoms. The van der Waals surface area contributed by atoms with Crippen LogP contribution in [0.2, 0.25) is 0 Å². The van der Waals surface area contributed by atoms with Gasteiger partial charge in [0.05, 0.1) is 12.2 Å². The zero-order chi connectivity index (χ0) is 22.5. The maximum Gasteiger partial charge on any atom is 0.256 e. The van der Waals surface area contributed by atoms with Crippen LogP contribution < -0.4 is 10.1 Å². The van der Waals surface area contributed by atoms with E-state index in [9.17, 15) is 9.59 Å². The molecule has 2 aliphatic heterocycles. The minimum atomic E-state index is -0.0540. The summed E-state index contributed by atoms with van der Waals surface area (Å²) < 4.78 is 5.65. The van der Waals surface area contributed by atoms with Crippen LogP contribution in [-0.2, 0) is 17.8 Å². The number of hydrogen-bond donors (Lipinski definition) is 1. The van der Waals surface area contributed by atoms with Crippen LogP contribution in [0.25, 0.3) is 0 Å². The van der Waals surface area contributed by atoms with Gasteiger partial charge in [-0.15, -0.1) is 0 Å². The van der Waals surface area contributed by atoms with Crippen LogP contribution in [0.3, 0.4) is 0 Å². The Morgan fingerprint density at radius 1 is 1.22 bits per heavy atom. The van der Waals surface area contributed by atoms with Crippen LogP contribution in [0.4, 0.5) is 0 Å².